The van der Waals surface area contributed by atoms with E-state index in [0.29, 0.717) is 25.6 Å². The van der Waals surface area contributed by atoms with E-state index in [4.69, 9.17) is 5.11 Å². The molecule has 164 valence electrons. The molecule has 5 rings (SSSR count). The Hall–Kier alpha value is -2.38. The number of hydrogen-bond acceptors (Lipinski definition) is 3. The number of benzene rings is 2. The highest BCUT2D eigenvalue weighted by Gasteiger charge is 2.44. The van der Waals surface area contributed by atoms with Crippen LogP contribution >= 0.6 is 0 Å². The van der Waals surface area contributed by atoms with Crippen molar-refractivity contribution in [1.82, 2.24) is 9.80 Å². The molecule has 1 aliphatic carbocycles. The summed E-state index contributed by atoms with van der Waals surface area (Å²) in [5, 5.41) is 9.05. The van der Waals surface area contributed by atoms with E-state index in [2.05, 4.69) is 17.0 Å². The van der Waals surface area contributed by atoms with Crippen molar-refractivity contribution in [2.24, 2.45) is 5.92 Å². The van der Waals surface area contributed by atoms with Crippen LogP contribution in [0, 0.1) is 5.92 Å². The van der Waals surface area contributed by atoms with E-state index in [1.165, 1.54) is 17.7 Å². The lowest BCUT2D eigenvalue weighted by atomic mass is 9.92. The molecule has 1 amide bonds. The number of carbonyl (C=O) groups is 1. The highest BCUT2D eigenvalue weighted by molar-refractivity contribution is 5.81. The van der Waals surface area contributed by atoms with E-state index in [1.54, 1.807) is 0 Å². The largest absolute Gasteiger partial charge is 0.416 e. The summed E-state index contributed by atoms with van der Waals surface area (Å²) in [6, 6.07) is 11.4. The third kappa shape index (κ3) is 3.64. The molecule has 3 aliphatic rings. The number of hydrogen-bond donors (Lipinski definition) is 1. The zero-order chi connectivity index (χ0) is 21.8. The van der Waals surface area contributed by atoms with Gasteiger partial charge >= 0.3 is 6.18 Å². The minimum absolute atomic E-state index is 0.00903. The zero-order valence-corrected chi connectivity index (χ0v) is 17.1. The van der Waals surface area contributed by atoms with Gasteiger partial charge in [0.15, 0.2) is 0 Å². The third-order valence-electron chi connectivity index (χ3n) is 7.04. The van der Waals surface area contributed by atoms with Gasteiger partial charge in [0.25, 0.3) is 0 Å². The number of carbonyl (C=O) groups excluding carboxylic acids is 1. The molecular formula is C24H25F3N2O2. The number of nitrogens with zero attached hydrogens (tertiary/aromatic N) is 2. The van der Waals surface area contributed by atoms with Gasteiger partial charge in [-0.05, 0) is 59.2 Å². The Labute approximate surface area is 179 Å². The minimum atomic E-state index is -4.34. The predicted octanol–water partition coefficient (Wildman–Crippen LogP) is 4.06. The normalized spacial score (nSPS) is 23.5. The number of alkyl halides is 3. The summed E-state index contributed by atoms with van der Waals surface area (Å²) in [5.41, 5.74) is 3.38. The number of rotatable bonds is 4. The molecule has 2 heterocycles. The van der Waals surface area contributed by atoms with Crippen LogP contribution in [0.2, 0.25) is 0 Å². The van der Waals surface area contributed by atoms with Crippen molar-refractivity contribution in [3.8, 4) is 11.1 Å². The van der Waals surface area contributed by atoms with Gasteiger partial charge in [-0.3, -0.25) is 9.69 Å². The molecule has 0 radical (unpaired) electrons. The number of fused-ring (bicyclic) bond motifs is 5. The van der Waals surface area contributed by atoms with Crippen molar-refractivity contribution in [2.45, 2.75) is 31.0 Å². The molecule has 2 aromatic rings. The Morgan fingerprint density at radius 3 is 2.42 bits per heavy atom. The molecule has 0 aromatic heterocycles. The molecule has 7 heteroatoms. The first-order valence-electron chi connectivity index (χ1n) is 10.8. The highest BCUT2D eigenvalue weighted by Crippen LogP contribution is 2.50. The molecule has 1 N–H and O–H groups in total. The van der Waals surface area contributed by atoms with Crippen LogP contribution in [0.5, 0.6) is 0 Å². The lowest BCUT2D eigenvalue weighted by Gasteiger charge is -2.43. The maximum Gasteiger partial charge on any atom is 0.416 e. The van der Waals surface area contributed by atoms with E-state index >= 15 is 0 Å². The van der Waals surface area contributed by atoms with Crippen LogP contribution in [0.4, 0.5) is 13.2 Å². The van der Waals surface area contributed by atoms with Crippen LogP contribution in [0.1, 0.15) is 41.5 Å². The highest BCUT2D eigenvalue weighted by atomic mass is 19.4. The van der Waals surface area contributed by atoms with E-state index in [1.807, 2.05) is 11.0 Å². The second-order valence-corrected chi connectivity index (χ2v) is 8.87. The smallest absolute Gasteiger partial charge is 0.395 e. The first-order valence-corrected chi connectivity index (χ1v) is 10.8. The molecule has 2 aromatic carbocycles. The quantitative estimate of drug-likeness (QED) is 0.796. The SMILES string of the molecule is O=C(C1CN(CCO)C1)N1CCC2C[C@H]1c1cc(-c3ccc(C(F)(F)F)cc3)ccc12. The summed E-state index contributed by atoms with van der Waals surface area (Å²) in [6.07, 6.45) is -2.48. The lowest BCUT2D eigenvalue weighted by molar-refractivity contribution is -0.145. The van der Waals surface area contributed by atoms with Gasteiger partial charge in [0, 0.05) is 26.2 Å². The number of aliphatic hydroxyl groups is 1. The Bertz CT molecular complexity index is 983. The third-order valence-corrected chi connectivity index (χ3v) is 7.04. The second kappa shape index (κ2) is 7.64. The molecular weight excluding hydrogens is 405 g/mol. The van der Waals surface area contributed by atoms with Gasteiger partial charge < -0.3 is 10.0 Å². The number of halogens is 3. The molecule has 2 bridgehead atoms. The van der Waals surface area contributed by atoms with Gasteiger partial charge in [-0.1, -0.05) is 24.3 Å². The van der Waals surface area contributed by atoms with Gasteiger partial charge in [0.1, 0.15) is 0 Å². The van der Waals surface area contributed by atoms with E-state index < -0.39 is 11.7 Å². The van der Waals surface area contributed by atoms with Crippen molar-refractivity contribution in [3.63, 3.8) is 0 Å². The number of piperidine rings is 1. The maximum absolute atomic E-state index is 13.1. The average Bonchev–Trinajstić information content (AvgIpc) is 3.01. The number of aliphatic hydroxyl groups excluding tert-OH is 1. The lowest BCUT2D eigenvalue weighted by Crippen LogP contribution is -2.56. The van der Waals surface area contributed by atoms with Crippen LogP contribution in [0.15, 0.2) is 42.5 Å². The second-order valence-electron chi connectivity index (χ2n) is 8.87. The first-order chi connectivity index (χ1) is 14.8. The van der Waals surface area contributed by atoms with Gasteiger partial charge in [-0.15, -0.1) is 0 Å². The summed E-state index contributed by atoms with van der Waals surface area (Å²) in [6.45, 7) is 2.85. The predicted molar refractivity (Wildman–Crippen MR) is 110 cm³/mol. The summed E-state index contributed by atoms with van der Waals surface area (Å²) in [5.74, 6) is 0.619. The van der Waals surface area contributed by atoms with Crippen LogP contribution in [0.25, 0.3) is 11.1 Å². The Kier molecular flexibility index (Phi) is 5.06. The Morgan fingerprint density at radius 2 is 1.74 bits per heavy atom. The fraction of sp³-hybridized carbons (Fsp3) is 0.458. The fourth-order valence-electron chi connectivity index (χ4n) is 5.36. The van der Waals surface area contributed by atoms with Gasteiger partial charge in [-0.2, -0.15) is 13.2 Å². The van der Waals surface area contributed by atoms with Crippen molar-refractivity contribution in [2.75, 3.05) is 32.8 Å². The Morgan fingerprint density at radius 1 is 1.03 bits per heavy atom. The van der Waals surface area contributed by atoms with E-state index in [9.17, 15) is 18.0 Å². The number of β-amino-alcohol motifs (C(OH)–C–C–N with tert-alkyl or cyclic N) is 1. The standard InChI is InChI=1S/C24H25F3N2O2/c25-24(26,27)19-4-1-15(2-5-19)16-3-6-20-17-7-8-29(22(12-17)21(20)11-16)23(31)18-13-28(14-18)9-10-30/h1-6,11,17-18,22,30H,7-10,12-14H2/t17?,22-/m0/s1. The fourth-order valence-corrected chi connectivity index (χ4v) is 5.36. The molecule has 0 saturated carbocycles. The Balaban J connectivity index is 1.38. The van der Waals surface area contributed by atoms with E-state index in [0.717, 1.165) is 48.2 Å². The summed E-state index contributed by atoms with van der Waals surface area (Å²) in [7, 11) is 0. The van der Waals surface area contributed by atoms with Crippen molar-refractivity contribution < 1.29 is 23.1 Å². The van der Waals surface area contributed by atoms with Crippen molar-refractivity contribution in [1.29, 1.82) is 0 Å². The summed E-state index contributed by atoms with van der Waals surface area (Å²) < 4.78 is 38.6. The topological polar surface area (TPSA) is 43.8 Å². The van der Waals surface area contributed by atoms with Crippen LogP contribution < -0.4 is 0 Å². The molecule has 2 fully saturated rings. The monoisotopic (exact) mass is 430 g/mol. The summed E-state index contributed by atoms with van der Waals surface area (Å²) >= 11 is 0. The first kappa shape index (κ1) is 20.5. The average molecular weight is 430 g/mol. The van der Waals surface area contributed by atoms with E-state index in [-0.39, 0.29) is 24.5 Å². The molecule has 4 nitrogen and oxygen atoms in total. The molecule has 2 atom stereocenters. The van der Waals surface area contributed by atoms with Gasteiger partial charge in [-0.25, -0.2) is 0 Å². The molecule has 31 heavy (non-hydrogen) atoms. The number of amides is 1. The van der Waals surface area contributed by atoms with Gasteiger partial charge in [0.05, 0.1) is 24.1 Å². The minimum Gasteiger partial charge on any atom is -0.395 e. The van der Waals surface area contributed by atoms with Crippen LogP contribution in [-0.2, 0) is 11.0 Å². The van der Waals surface area contributed by atoms with Crippen LogP contribution in [-0.4, -0.2) is 53.6 Å². The van der Waals surface area contributed by atoms with Crippen molar-refractivity contribution >= 4 is 5.91 Å². The van der Waals surface area contributed by atoms with Gasteiger partial charge in [0.2, 0.25) is 5.91 Å². The van der Waals surface area contributed by atoms with Crippen LogP contribution in [0.3, 0.4) is 0 Å². The van der Waals surface area contributed by atoms with Crippen molar-refractivity contribution in [3.05, 3.63) is 59.2 Å². The zero-order valence-electron chi connectivity index (χ0n) is 17.1. The summed E-state index contributed by atoms with van der Waals surface area (Å²) in [4.78, 5) is 17.2. The molecule has 0 spiro atoms. The molecule has 2 saturated heterocycles. The number of likely N-dealkylation sites (tertiary alicyclic amines) is 2. The molecule has 1 unspecified atom stereocenters. The maximum atomic E-state index is 13.1. The molecule has 2 aliphatic heterocycles.